The number of carboxylic acid groups (broad SMARTS) is 1. The number of benzene rings is 1. The second kappa shape index (κ2) is 5.26. The summed E-state index contributed by atoms with van der Waals surface area (Å²) in [5.41, 5.74) is 3.71. The van der Waals surface area contributed by atoms with Crippen molar-refractivity contribution in [2.75, 3.05) is 0 Å². The van der Waals surface area contributed by atoms with E-state index in [1.807, 2.05) is 38.1 Å². The topological polar surface area (TPSA) is 55.1 Å². The van der Waals surface area contributed by atoms with Crippen molar-refractivity contribution in [3.8, 4) is 5.69 Å². The van der Waals surface area contributed by atoms with Crippen LogP contribution >= 0.6 is 0 Å². The first-order chi connectivity index (χ1) is 9.04. The molecule has 1 aromatic carbocycles. The lowest BCUT2D eigenvalue weighted by molar-refractivity contribution is 0.0695. The van der Waals surface area contributed by atoms with Crippen LogP contribution in [-0.4, -0.2) is 20.9 Å². The number of rotatable bonds is 4. The van der Waals surface area contributed by atoms with Gasteiger partial charge in [-0.25, -0.2) is 9.48 Å². The Hall–Kier alpha value is -2.10. The van der Waals surface area contributed by atoms with Crippen LogP contribution in [0.15, 0.2) is 24.3 Å². The highest BCUT2D eigenvalue weighted by molar-refractivity contribution is 5.90. The third-order valence-corrected chi connectivity index (χ3v) is 3.14. The fourth-order valence-corrected chi connectivity index (χ4v) is 2.26. The van der Waals surface area contributed by atoms with E-state index in [0.29, 0.717) is 23.4 Å². The zero-order valence-corrected chi connectivity index (χ0v) is 11.5. The quantitative estimate of drug-likeness (QED) is 0.916. The molecule has 0 aliphatic heterocycles. The summed E-state index contributed by atoms with van der Waals surface area (Å²) in [6, 6.07) is 7.90. The second-order valence-corrected chi connectivity index (χ2v) is 4.71. The molecule has 0 saturated heterocycles. The molecule has 0 aliphatic rings. The highest BCUT2D eigenvalue weighted by Crippen LogP contribution is 2.20. The molecule has 0 bridgehead atoms. The minimum absolute atomic E-state index is 0.336. The van der Waals surface area contributed by atoms with Gasteiger partial charge in [-0.2, -0.15) is 5.10 Å². The first-order valence-electron chi connectivity index (χ1n) is 6.43. The maximum atomic E-state index is 11.4. The number of nitrogens with zero attached hydrogens (tertiary/aromatic N) is 2. The van der Waals surface area contributed by atoms with Crippen molar-refractivity contribution >= 4 is 5.97 Å². The highest BCUT2D eigenvalue weighted by Gasteiger charge is 2.20. The molecule has 1 heterocycles. The van der Waals surface area contributed by atoms with Gasteiger partial charge >= 0.3 is 5.97 Å². The van der Waals surface area contributed by atoms with Crippen molar-refractivity contribution < 1.29 is 9.90 Å². The molecule has 0 fully saturated rings. The first kappa shape index (κ1) is 13.3. The van der Waals surface area contributed by atoms with Crippen LogP contribution in [0.25, 0.3) is 5.69 Å². The normalized spacial score (nSPS) is 10.7. The maximum absolute atomic E-state index is 11.4. The summed E-state index contributed by atoms with van der Waals surface area (Å²) < 4.78 is 1.72. The van der Waals surface area contributed by atoms with Crippen LogP contribution in [0, 0.1) is 13.8 Å². The Labute approximate surface area is 112 Å². The standard InChI is InChI=1S/C15H18N2O2/c1-4-6-13-14(15(18)19)11(3)17(16-13)12-8-5-7-10(2)9-12/h5,7-9H,4,6H2,1-3H3,(H,18,19). The monoisotopic (exact) mass is 258 g/mol. The number of hydrogen-bond acceptors (Lipinski definition) is 2. The molecule has 0 unspecified atom stereocenters. The molecule has 0 amide bonds. The van der Waals surface area contributed by atoms with Gasteiger partial charge in [-0.15, -0.1) is 0 Å². The van der Waals surface area contributed by atoms with Gasteiger partial charge < -0.3 is 5.11 Å². The van der Waals surface area contributed by atoms with Gasteiger partial charge in [0.2, 0.25) is 0 Å². The van der Waals surface area contributed by atoms with Gasteiger partial charge in [0, 0.05) is 0 Å². The molecule has 4 heteroatoms. The van der Waals surface area contributed by atoms with Crippen LogP contribution in [0.2, 0.25) is 0 Å². The van der Waals surface area contributed by atoms with Crippen molar-refractivity contribution in [1.29, 1.82) is 0 Å². The van der Waals surface area contributed by atoms with Crippen LogP contribution in [0.3, 0.4) is 0 Å². The van der Waals surface area contributed by atoms with Crippen LogP contribution in [0.1, 0.15) is 40.7 Å². The molecular formula is C15H18N2O2. The summed E-state index contributed by atoms with van der Waals surface area (Å²) >= 11 is 0. The van der Waals surface area contributed by atoms with E-state index in [-0.39, 0.29) is 0 Å². The molecule has 0 spiro atoms. The zero-order chi connectivity index (χ0) is 14.0. The summed E-state index contributed by atoms with van der Waals surface area (Å²) in [5, 5.41) is 13.8. The van der Waals surface area contributed by atoms with E-state index >= 15 is 0 Å². The Kier molecular flexibility index (Phi) is 3.69. The minimum Gasteiger partial charge on any atom is -0.478 e. The van der Waals surface area contributed by atoms with Gasteiger partial charge in [0.25, 0.3) is 0 Å². The van der Waals surface area contributed by atoms with Crippen LogP contribution in [-0.2, 0) is 6.42 Å². The molecule has 0 radical (unpaired) electrons. The number of hydrogen-bond donors (Lipinski definition) is 1. The molecule has 2 aromatic rings. The Bertz CT molecular complexity index is 615. The van der Waals surface area contributed by atoms with E-state index in [0.717, 1.165) is 17.7 Å². The molecule has 1 aromatic heterocycles. The molecule has 100 valence electrons. The Balaban J connectivity index is 2.59. The van der Waals surface area contributed by atoms with Crippen molar-refractivity contribution in [3.05, 3.63) is 46.8 Å². The fraction of sp³-hybridized carbons (Fsp3) is 0.333. The molecule has 0 atom stereocenters. The number of aryl methyl sites for hydroxylation is 2. The lowest BCUT2D eigenvalue weighted by Gasteiger charge is -2.05. The molecule has 1 N–H and O–H groups in total. The molecule has 0 saturated carbocycles. The van der Waals surface area contributed by atoms with Crippen molar-refractivity contribution in [2.24, 2.45) is 0 Å². The fourth-order valence-electron chi connectivity index (χ4n) is 2.26. The molecule has 0 aliphatic carbocycles. The van der Waals surface area contributed by atoms with E-state index in [2.05, 4.69) is 5.10 Å². The molecular weight excluding hydrogens is 240 g/mol. The maximum Gasteiger partial charge on any atom is 0.339 e. The summed E-state index contributed by atoms with van der Waals surface area (Å²) in [6.45, 7) is 5.83. The third kappa shape index (κ3) is 2.52. The Morgan fingerprint density at radius 3 is 2.68 bits per heavy atom. The van der Waals surface area contributed by atoms with E-state index in [4.69, 9.17) is 0 Å². The van der Waals surface area contributed by atoms with Gasteiger partial charge in [-0.3, -0.25) is 0 Å². The van der Waals surface area contributed by atoms with Crippen molar-refractivity contribution in [1.82, 2.24) is 9.78 Å². The summed E-state index contributed by atoms with van der Waals surface area (Å²) in [7, 11) is 0. The highest BCUT2D eigenvalue weighted by atomic mass is 16.4. The average Bonchev–Trinajstić information content (AvgIpc) is 2.67. The smallest absolute Gasteiger partial charge is 0.339 e. The Morgan fingerprint density at radius 2 is 2.11 bits per heavy atom. The van der Waals surface area contributed by atoms with Gasteiger partial charge in [0.15, 0.2) is 0 Å². The average molecular weight is 258 g/mol. The lowest BCUT2D eigenvalue weighted by atomic mass is 10.1. The largest absolute Gasteiger partial charge is 0.478 e. The van der Waals surface area contributed by atoms with E-state index < -0.39 is 5.97 Å². The minimum atomic E-state index is -0.903. The summed E-state index contributed by atoms with van der Waals surface area (Å²) in [5.74, 6) is -0.903. The number of aromatic nitrogens is 2. The van der Waals surface area contributed by atoms with Crippen molar-refractivity contribution in [3.63, 3.8) is 0 Å². The zero-order valence-electron chi connectivity index (χ0n) is 11.5. The van der Waals surface area contributed by atoms with Gasteiger partial charge in [-0.1, -0.05) is 25.5 Å². The van der Waals surface area contributed by atoms with E-state index in [1.165, 1.54) is 0 Å². The van der Waals surface area contributed by atoms with Gasteiger partial charge in [0.05, 0.1) is 17.1 Å². The van der Waals surface area contributed by atoms with Crippen LogP contribution in [0.4, 0.5) is 0 Å². The van der Waals surface area contributed by atoms with E-state index in [9.17, 15) is 9.90 Å². The molecule has 19 heavy (non-hydrogen) atoms. The predicted molar refractivity (Wildman–Crippen MR) is 74.0 cm³/mol. The van der Waals surface area contributed by atoms with E-state index in [1.54, 1.807) is 11.6 Å². The molecule has 2 rings (SSSR count). The van der Waals surface area contributed by atoms with Crippen molar-refractivity contribution in [2.45, 2.75) is 33.6 Å². The van der Waals surface area contributed by atoms with Crippen LogP contribution < -0.4 is 0 Å². The SMILES string of the molecule is CCCc1nn(-c2cccc(C)c2)c(C)c1C(=O)O. The second-order valence-electron chi connectivity index (χ2n) is 4.71. The molecule has 4 nitrogen and oxygen atoms in total. The first-order valence-corrected chi connectivity index (χ1v) is 6.43. The number of carbonyl (C=O) groups is 1. The Morgan fingerprint density at radius 1 is 1.37 bits per heavy atom. The third-order valence-electron chi connectivity index (χ3n) is 3.14. The van der Waals surface area contributed by atoms with Gasteiger partial charge in [-0.05, 0) is 38.0 Å². The van der Waals surface area contributed by atoms with Crippen LogP contribution in [0.5, 0.6) is 0 Å². The van der Waals surface area contributed by atoms with Gasteiger partial charge in [0.1, 0.15) is 5.56 Å². The lowest BCUT2D eigenvalue weighted by Crippen LogP contribution is -2.03. The number of aromatic carboxylic acids is 1. The number of carboxylic acids is 1. The summed E-state index contributed by atoms with van der Waals surface area (Å²) in [6.07, 6.45) is 1.56. The summed E-state index contributed by atoms with van der Waals surface area (Å²) in [4.78, 5) is 11.4. The predicted octanol–water partition coefficient (Wildman–Crippen LogP) is 3.14.